The summed E-state index contributed by atoms with van der Waals surface area (Å²) >= 11 is 0. The Morgan fingerprint density at radius 3 is 2.27 bits per heavy atom. The molecule has 3 aromatic carbocycles. The number of amides is 2. The summed E-state index contributed by atoms with van der Waals surface area (Å²) in [6, 6.07) is 20.3. The number of aromatic nitrogens is 1. The number of anilines is 1. The Morgan fingerprint density at radius 1 is 0.878 bits per heavy atom. The fourth-order valence-corrected chi connectivity index (χ4v) is 4.92. The minimum atomic E-state index is -0.983. The van der Waals surface area contributed by atoms with Gasteiger partial charge >= 0.3 is 12.1 Å². The monoisotopic (exact) mass is 671 g/mol. The number of benzene rings is 3. The van der Waals surface area contributed by atoms with Crippen molar-refractivity contribution in [3.63, 3.8) is 0 Å². The predicted octanol–water partition coefficient (Wildman–Crippen LogP) is 8.07. The number of pyridine rings is 1. The molecule has 0 fully saturated rings. The molecular formula is C38H45N3O8. The average molecular weight is 672 g/mol. The zero-order chi connectivity index (χ0) is 35.4. The molecule has 2 atom stereocenters. The van der Waals surface area contributed by atoms with E-state index in [1.807, 2.05) is 32.0 Å². The number of alkyl carbamates (subject to hydrolysis) is 1. The molecule has 0 radical (unpaired) electrons. The Balaban J connectivity index is 1.45. The number of carbonyl (C=O) groups is 3. The van der Waals surface area contributed by atoms with Crippen LogP contribution in [0.3, 0.4) is 0 Å². The van der Waals surface area contributed by atoms with Crippen LogP contribution in [0, 0.1) is 0 Å². The Bertz CT molecular complexity index is 1700. The Hall–Kier alpha value is -5.32. The Kier molecular flexibility index (Phi) is 12.8. The van der Waals surface area contributed by atoms with Crippen LogP contribution in [-0.2, 0) is 14.3 Å². The highest BCUT2D eigenvalue weighted by molar-refractivity contribution is 6.04. The van der Waals surface area contributed by atoms with Gasteiger partial charge in [-0.05, 0) is 82.1 Å². The van der Waals surface area contributed by atoms with Gasteiger partial charge in [0, 0.05) is 35.3 Å². The molecule has 4 rings (SSSR count). The van der Waals surface area contributed by atoms with E-state index in [9.17, 15) is 14.4 Å². The lowest BCUT2D eigenvalue weighted by atomic mass is 10.1. The van der Waals surface area contributed by atoms with E-state index >= 15 is 0 Å². The molecule has 0 aliphatic rings. The van der Waals surface area contributed by atoms with E-state index in [0.29, 0.717) is 51.6 Å². The third-order valence-corrected chi connectivity index (χ3v) is 7.35. The topological polar surface area (TPSA) is 134 Å². The summed E-state index contributed by atoms with van der Waals surface area (Å²) in [7, 11) is 1.52. The van der Waals surface area contributed by atoms with Crippen molar-refractivity contribution in [3.8, 4) is 23.0 Å². The molecular weight excluding hydrogens is 626 g/mol. The van der Waals surface area contributed by atoms with Crippen molar-refractivity contribution >= 4 is 34.6 Å². The summed E-state index contributed by atoms with van der Waals surface area (Å²) in [5.74, 6) is 1.18. The first-order valence-electron chi connectivity index (χ1n) is 16.4. The van der Waals surface area contributed by atoms with Gasteiger partial charge in [-0.1, -0.05) is 38.5 Å². The van der Waals surface area contributed by atoms with E-state index in [0.717, 1.165) is 12.8 Å². The second-order valence-electron chi connectivity index (χ2n) is 12.4. The second kappa shape index (κ2) is 17.2. The van der Waals surface area contributed by atoms with Crippen LogP contribution in [0.1, 0.15) is 70.7 Å². The molecule has 49 heavy (non-hydrogen) atoms. The molecule has 1 unspecified atom stereocenters. The smallest absolute Gasteiger partial charge is 0.408 e. The number of nitrogens with zero attached hydrogens (tertiary/aromatic N) is 1. The van der Waals surface area contributed by atoms with Crippen molar-refractivity contribution in [2.24, 2.45) is 0 Å². The number of ether oxygens (including phenoxy) is 5. The first kappa shape index (κ1) is 36.5. The van der Waals surface area contributed by atoms with Gasteiger partial charge in [0.2, 0.25) is 0 Å². The molecule has 2 N–H and O–H groups in total. The summed E-state index contributed by atoms with van der Waals surface area (Å²) in [6.45, 7) is 9.28. The zero-order valence-corrected chi connectivity index (χ0v) is 28.9. The lowest BCUT2D eigenvalue weighted by molar-refractivity contribution is -0.152. The van der Waals surface area contributed by atoms with Gasteiger partial charge in [0.05, 0.1) is 19.2 Å². The van der Waals surface area contributed by atoms with Crippen molar-refractivity contribution in [3.05, 3.63) is 84.6 Å². The molecule has 0 aliphatic carbocycles. The van der Waals surface area contributed by atoms with Crippen LogP contribution >= 0.6 is 0 Å². The summed E-state index contributed by atoms with van der Waals surface area (Å²) in [5, 5.41) is 6.20. The van der Waals surface area contributed by atoms with Crippen molar-refractivity contribution in [1.82, 2.24) is 10.3 Å². The summed E-state index contributed by atoms with van der Waals surface area (Å²) in [4.78, 5) is 42.7. The molecule has 2 amide bonds. The average Bonchev–Trinajstić information content (AvgIpc) is 3.07. The van der Waals surface area contributed by atoms with E-state index in [4.69, 9.17) is 23.7 Å². The van der Waals surface area contributed by atoms with Crippen LogP contribution in [0.5, 0.6) is 23.0 Å². The number of rotatable bonds is 15. The fourth-order valence-electron chi connectivity index (χ4n) is 4.92. The highest BCUT2D eigenvalue weighted by atomic mass is 16.6. The van der Waals surface area contributed by atoms with Crippen molar-refractivity contribution in [2.75, 3.05) is 19.0 Å². The molecule has 0 saturated carbocycles. The maximum absolute atomic E-state index is 13.1. The van der Waals surface area contributed by atoms with Gasteiger partial charge in [-0.3, -0.25) is 9.78 Å². The van der Waals surface area contributed by atoms with Crippen LogP contribution in [0.15, 0.2) is 79.0 Å². The molecule has 0 bridgehead atoms. The van der Waals surface area contributed by atoms with Gasteiger partial charge in [-0.2, -0.15) is 0 Å². The number of fused-ring (bicyclic) bond motifs is 1. The van der Waals surface area contributed by atoms with Crippen molar-refractivity contribution in [2.45, 2.75) is 78.0 Å². The third-order valence-electron chi connectivity index (χ3n) is 7.35. The van der Waals surface area contributed by atoms with Gasteiger partial charge in [0.15, 0.2) is 11.5 Å². The summed E-state index contributed by atoms with van der Waals surface area (Å²) < 4.78 is 29.0. The number of nitrogens with one attached hydrogen (secondary N) is 2. The minimum Gasteiger partial charge on any atom is -0.493 e. The fraction of sp³-hybridized carbons (Fsp3) is 0.368. The maximum atomic E-state index is 13.1. The molecule has 260 valence electrons. The molecule has 0 saturated heterocycles. The molecule has 1 aromatic heterocycles. The normalized spacial score (nSPS) is 12.4. The number of carbonyl (C=O) groups excluding carboxylic acids is 3. The zero-order valence-electron chi connectivity index (χ0n) is 28.9. The lowest BCUT2D eigenvalue weighted by Crippen LogP contribution is -2.45. The van der Waals surface area contributed by atoms with Crippen LogP contribution in [-0.4, -0.2) is 54.4 Å². The standard InChI is InChI=1S/C38H45N3O8/c1-7-12-27(8-2)48-36(43)30(41-37(44)49-38(3,4)5)20-22-46-34-24-31-29(23-33(34)45-6)32(19-21-39-31)47-28-17-15-26(16-18-28)40-35(42)25-13-10-9-11-14-25/h9-11,13-19,21,23-24,27,30H,7-8,12,20,22H2,1-6H3,(H,40,42)(H,41,44)/t27?,30-/m0/s1. The number of hydrogen-bond acceptors (Lipinski definition) is 9. The van der Waals surface area contributed by atoms with Gasteiger partial charge in [-0.15, -0.1) is 0 Å². The Labute approximate surface area is 287 Å². The highest BCUT2D eigenvalue weighted by Crippen LogP contribution is 2.37. The molecule has 11 nitrogen and oxygen atoms in total. The third kappa shape index (κ3) is 10.9. The van der Waals surface area contributed by atoms with Crippen LogP contribution in [0.25, 0.3) is 10.9 Å². The Morgan fingerprint density at radius 2 is 1.61 bits per heavy atom. The number of hydrogen-bond donors (Lipinski definition) is 2. The second-order valence-corrected chi connectivity index (χ2v) is 12.4. The van der Waals surface area contributed by atoms with Gasteiger partial charge in [0.25, 0.3) is 5.91 Å². The summed E-state index contributed by atoms with van der Waals surface area (Å²) in [5.41, 5.74) is 1.05. The molecule has 0 aliphatic heterocycles. The van der Waals surface area contributed by atoms with E-state index in [2.05, 4.69) is 15.6 Å². The van der Waals surface area contributed by atoms with E-state index in [1.54, 1.807) is 81.6 Å². The molecule has 1 heterocycles. The SMILES string of the molecule is CCCC(CC)OC(=O)[C@H](CCOc1cc2nccc(Oc3ccc(NC(=O)c4ccccc4)cc3)c2cc1OC)NC(=O)OC(C)(C)C. The van der Waals surface area contributed by atoms with Crippen molar-refractivity contribution in [1.29, 1.82) is 0 Å². The number of esters is 1. The van der Waals surface area contributed by atoms with E-state index in [-0.39, 0.29) is 25.0 Å². The number of methoxy groups -OCH3 is 1. The molecule has 0 spiro atoms. The van der Waals surface area contributed by atoms with Crippen LogP contribution in [0.2, 0.25) is 0 Å². The first-order chi connectivity index (χ1) is 23.5. The van der Waals surface area contributed by atoms with Crippen LogP contribution in [0.4, 0.5) is 10.5 Å². The highest BCUT2D eigenvalue weighted by Gasteiger charge is 2.27. The summed E-state index contributed by atoms with van der Waals surface area (Å²) in [6.07, 6.45) is 3.04. The lowest BCUT2D eigenvalue weighted by Gasteiger charge is -2.24. The van der Waals surface area contributed by atoms with Gasteiger partial charge in [-0.25, -0.2) is 9.59 Å². The quantitative estimate of drug-likeness (QED) is 0.120. The molecule has 4 aromatic rings. The van der Waals surface area contributed by atoms with E-state index in [1.165, 1.54) is 7.11 Å². The molecule has 11 heteroatoms. The van der Waals surface area contributed by atoms with Gasteiger partial charge < -0.3 is 34.3 Å². The first-order valence-corrected chi connectivity index (χ1v) is 16.4. The van der Waals surface area contributed by atoms with Gasteiger partial charge in [0.1, 0.15) is 29.2 Å². The van der Waals surface area contributed by atoms with Crippen molar-refractivity contribution < 1.29 is 38.1 Å². The minimum absolute atomic E-state index is 0.0609. The predicted molar refractivity (Wildman–Crippen MR) is 188 cm³/mol. The van der Waals surface area contributed by atoms with Crippen LogP contribution < -0.4 is 24.8 Å². The van der Waals surface area contributed by atoms with E-state index < -0.39 is 23.7 Å². The largest absolute Gasteiger partial charge is 0.493 e. The maximum Gasteiger partial charge on any atom is 0.408 e.